The van der Waals surface area contributed by atoms with Crippen LogP contribution < -0.4 is 0 Å². The van der Waals surface area contributed by atoms with Gasteiger partial charge in [0, 0.05) is 23.9 Å². The summed E-state index contributed by atoms with van der Waals surface area (Å²) >= 11 is 17.9. The Morgan fingerprint density at radius 2 is 1.78 bits per heavy atom. The molecule has 1 N–H and O–H groups in total. The summed E-state index contributed by atoms with van der Waals surface area (Å²) in [7, 11) is 0. The molecule has 0 unspecified atom stereocenters. The Morgan fingerprint density at radius 1 is 1.00 bits per heavy atom. The van der Waals surface area contributed by atoms with Crippen molar-refractivity contribution in [3.8, 4) is 28.3 Å². The van der Waals surface area contributed by atoms with E-state index in [1.165, 1.54) is 12.1 Å². The van der Waals surface area contributed by atoms with Gasteiger partial charge in [0.2, 0.25) is 0 Å². The van der Waals surface area contributed by atoms with Crippen molar-refractivity contribution >= 4 is 41.0 Å². The van der Waals surface area contributed by atoms with Crippen LogP contribution >= 0.6 is 34.8 Å². The normalized spacial score (nSPS) is 13.1. The zero-order valence-corrected chi connectivity index (χ0v) is 15.7. The van der Waals surface area contributed by atoms with Crippen LogP contribution in [0.5, 0.6) is 5.75 Å². The molecule has 0 aliphatic carbocycles. The quantitative estimate of drug-likeness (QED) is 0.541. The first-order valence-electron chi connectivity index (χ1n) is 7.80. The molecule has 138 valence electrons. The highest BCUT2D eigenvalue weighted by atomic mass is 35.5. The van der Waals surface area contributed by atoms with Crippen LogP contribution in [0.25, 0.3) is 22.5 Å². The van der Waals surface area contributed by atoms with Gasteiger partial charge in [0.15, 0.2) is 5.82 Å². The number of benzene rings is 2. The van der Waals surface area contributed by atoms with E-state index in [1.807, 2.05) is 4.57 Å². The van der Waals surface area contributed by atoms with Gasteiger partial charge >= 0.3 is 0 Å². The SMILES string of the molecule is Oc1c(Cl)cc(Cl)c(F)c1-c1c(F)cc(-c2ncc3n2CCN=C3)cc1Cl. The molecule has 1 aromatic heterocycles. The van der Waals surface area contributed by atoms with Gasteiger partial charge in [0.05, 0.1) is 39.1 Å². The summed E-state index contributed by atoms with van der Waals surface area (Å²) in [5.74, 6) is -1.98. The molecule has 0 saturated carbocycles. The number of aromatic hydroxyl groups is 1. The first kappa shape index (κ1) is 18.2. The molecule has 2 heterocycles. The Balaban J connectivity index is 1.91. The maximum atomic E-state index is 14.9. The van der Waals surface area contributed by atoms with Gasteiger partial charge in [0.25, 0.3) is 0 Å². The number of imidazole rings is 1. The van der Waals surface area contributed by atoms with Crippen LogP contribution in [0.2, 0.25) is 15.1 Å². The molecule has 0 amide bonds. The van der Waals surface area contributed by atoms with Crippen LogP contribution in [0.1, 0.15) is 5.69 Å². The lowest BCUT2D eigenvalue weighted by molar-refractivity contribution is 0.471. The molecule has 2 aromatic carbocycles. The second-order valence-corrected chi connectivity index (χ2v) is 7.11. The molecule has 0 atom stereocenters. The Labute approximate surface area is 167 Å². The van der Waals surface area contributed by atoms with Gasteiger partial charge < -0.3 is 9.67 Å². The zero-order chi connectivity index (χ0) is 19.3. The first-order chi connectivity index (χ1) is 12.9. The number of aromatic nitrogens is 2. The van der Waals surface area contributed by atoms with Crippen molar-refractivity contribution in [1.82, 2.24) is 9.55 Å². The van der Waals surface area contributed by atoms with Crippen LogP contribution in [-0.2, 0) is 6.54 Å². The number of halogens is 5. The van der Waals surface area contributed by atoms with Crippen LogP contribution in [0.15, 0.2) is 29.4 Å². The fourth-order valence-electron chi connectivity index (χ4n) is 3.03. The second-order valence-electron chi connectivity index (χ2n) is 5.89. The largest absolute Gasteiger partial charge is 0.506 e. The van der Waals surface area contributed by atoms with Crippen molar-refractivity contribution in [3.63, 3.8) is 0 Å². The van der Waals surface area contributed by atoms with Crippen molar-refractivity contribution in [3.05, 3.63) is 56.8 Å². The van der Waals surface area contributed by atoms with Crippen molar-refractivity contribution in [2.45, 2.75) is 6.54 Å². The fraction of sp³-hybridized carbons (Fsp3) is 0.111. The molecule has 1 aliphatic heterocycles. The number of aliphatic imine (C=N–C) groups is 1. The van der Waals surface area contributed by atoms with Gasteiger partial charge in [-0.25, -0.2) is 13.8 Å². The van der Waals surface area contributed by atoms with Crippen LogP contribution in [0, 0.1) is 11.6 Å². The molecular weight excluding hydrogens is 419 g/mol. The highest BCUT2D eigenvalue weighted by Crippen LogP contribution is 2.45. The van der Waals surface area contributed by atoms with E-state index < -0.39 is 22.9 Å². The van der Waals surface area contributed by atoms with Crippen LogP contribution in [0.4, 0.5) is 8.78 Å². The molecule has 0 radical (unpaired) electrons. The van der Waals surface area contributed by atoms with Crippen molar-refractivity contribution in [2.75, 3.05) is 6.54 Å². The highest BCUT2D eigenvalue weighted by molar-refractivity contribution is 6.37. The third-order valence-corrected chi connectivity index (χ3v) is 5.12. The Hall–Kier alpha value is -2.15. The average molecular weight is 429 g/mol. The predicted molar refractivity (Wildman–Crippen MR) is 102 cm³/mol. The summed E-state index contributed by atoms with van der Waals surface area (Å²) < 4.78 is 31.3. The second kappa shape index (κ2) is 6.78. The van der Waals surface area contributed by atoms with E-state index in [2.05, 4.69) is 9.98 Å². The Morgan fingerprint density at radius 3 is 2.52 bits per heavy atom. The Kier molecular flexibility index (Phi) is 4.58. The fourth-order valence-corrected chi connectivity index (χ4v) is 3.79. The number of rotatable bonds is 2. The average Bonchev–Trinajstić information content (AvgIpc) is 3.06. The smallest absolute Gasteiger partial charge is 0.153 e. The molecule has 4 nitrogen and oxygen atoms in total. The summed E-state index contributed by atoms with van der Waals surface area (Å²) in [6.07, 6.45) is 3.31. The molecule has 0 bridgehead atoms. The lowest BCUT2D eigenvalue weighted by Gasteiger charge is -2.15. The minimum absolute atomic E-state index is 0.112. The maximum Gasteiger partial charge on any atom is 0.153 e. The summed E-state index contributed by atoms with van der Waals surface area (Å²) in [6.45, 7) is 1.19. The molecule has 0 fully saturated rings. The third-order valence-electron chi connectivity index (χ3n) is 4.26. The Bertz CT molecular complexity index is 1060. The topological polar surface area (TPSA) is 50.4 Å². The lowest BCUT2D eigenvalue weighted by Crippen LogP contribution is -2.11. The predicted octanol–water partition coefficient (Wildman–Crippen LogP) is 5.59. The van der Waals surface area contributed by atoms with E-state index in [0.717, 1.165) is 11.8 Å². The zero-order valence-electron chi connectivity index (χ0n) is 13.5. The number of fused-ring (bicyclic) bond motifs is 1. The summed E-state index contributed by atoms with van der Waals surface area (Å²) in [4.78, 5) is 8.47. The molecule has 0 saturated heterocycles. The number of hydrogen-bond donors (Lipinski definition) is 1. The molecule has 4 rings (SSSR count). The van der Waals surface area contributed by atoms with E-state index in [9.17, 15) is 13.9 Å². The van der Waals surface area contributed by atoms with E-state index in [-0.39, 0.29) is 20.6 Å². The van der Waals surface area contributed by atoms with Gasteiger partial charge in [-0.3, -0.25) is 4.99 Å². The first-order valence-corrected chi connectivity index (χ1v) is 8.93. The minimum Gasteiger partial charge on any atom is -0.506 e. The number of hydrogen-bond acceptors (Lipinski definition) is 3. The van der Waals surface area contributed by atoms with E-state index >= 15 is 0 Å². The summed E-state index contributed by atoms with van der Waals surface area (Å²) in [5, 5.41) is 9.45. The maximum absolute atomic E-state index is 14.9. The molecule has 0 spiro atoms. The molecule has 9 heteroatoms. The lowest BCUT2D eigenvalue weighted by atomic mass is 10.0. The molecule has 3 aromatic rings. The number of phenolic OH excluding ortho intramolecular Hbond substituents is 1. The minimum atomic E-state index is -1.01. The van der Waals surface area contributed by atoms with Crippen LogP contribution in [-0.4, -0.2) is 27.4 Å². The third kappa shape index (κ3) is 2.98. The molecule has 27 heavy (non-hydrogen) atoms. The van der Waals surface area contributed by atoms with Crippen molar-refractivity contribution in [1.29, 1.82) is 0 Å². The molecular formula is C18H10Cl3F2N3O. The van der Waals surface area contributed by atoms with Crippen molar-refractivity contribution < 1.29 is 13.9 Å². The van der Waals surface area contributed by atoms with Crippen LogP contribution in [0.3, 0.4) is 0 Å². The van der Waals surface area contributed by atoms with Crippen molar-refractivity contribution in [2.24, 2.45) is 4.99 Å². The molecule has 1 aliphatic rings. The number of nitrogens with zero attached hydrogens (tertiary/aromatic N) is 3. The van der Waals surface area contributed by atoms with E-state index in [0.29, 0.717) is 24.5 Å². The van der Waals surface area contributed by atoms with Gasteiger partial charge in [-0.1, -0.05) is 34.8 Å². The van der Waals surface area contributed by atoms with Gasteiger partial charge in [0.1, 0.15) is 17.4 Å². The van der Waals surface area contributed by atoms with E-state index in [4.69, 9.17) is 34.8 Å². The summed E-state index contributed by atoms with van der Waals surface area (Å²) in [5.41, 5.74) is 0.392. The monoisotopic (exact) mass is 427 g/mol. The highest BCUT2D eigenvalue weighted by Gasteiger charge is 2.24. The number of phenols is 1. The van der Waals surface area contributed by atoms with Gasteiger partial charge in [-0.2, -0.15) is 0 Å². The summed E-state index contributed by atoms with van der Waals surface area (Å²) in [6, 6.07) is 3.67. The van der Waals surface area contributed by atoms with Gasteiger partial charge in [-0.15, -0.1) is 0 Å². The van der Waals surface area contributed by atoms with E-state index in [1.54, 1.807) is 12.4 Å². The van der Waals surface area contributed by atoms with Gasteiger partial charge in [-0.05, 0) is 18.2 Å². The standard InChI is InChI=1S/C18H10Cl3F2N3O/c19-10-3-8(18-25-7-9-6-24-1-2-26(9)18)4-13(22)14(10)15-16(23)11(20)5-12(21)17(15)27/h3-7,27H,1-2H2.